The van der Waals surface area contributed by atoms with Crippen molar-refractivity contribution in [2.24, 2.45) is 0 Å². The molecule has 0 aromatic heterocycles. The molecule has 0 heterocycles. The number of hydrogen-bond acceptors (Lipinski definition) is 2. The lowest BCUT2D eigenvalue weighted by Gasteiger charge is -2.10. The molecule has 0 amide bonds. The van der Waals surface area contributed by atoms with E-state index in [2.05, 4.69) is 24.3 Å². The summed E-state index contributed by atoms with van der Waals surface area (Å²) in [6.07, 6.45) is 3.29. The summed E-state index contributed by atoms with van der Waals surface area (Å²) in [6, 6.07) is 18.3. The second-order valence-electron chi connectivity index (χ2n) is 4.44. The summed E-state index contributed by atoms with van der Waals surface area (Å²) in [5, 5.41) is 0. The van der Waals surface area contributed by atoms with Gasteiger partial charge in [-0.1, -0.05) is 42.5 Å². The van der Waals surface area contributed by atoms with Gasteiger partial charge in [-0.05, 0) is 37.0 Å². The lowest BCUT2D eigenvalue weighted by molar-refractivity contribution is 0.286. The van der Waals surface area contributed by atoms with Gasteiger partial charge in [0.2, 0.25) is 0 Å². The molecule has 0 spiro atoms. The number of para-hydroxylation sites is 2. The van der Waals surface area contributed by atoms with Crippen LogP contribution in [0.3, 0.4) is 0 Å². The monoisotopic (exact) mass is 256 g/mol. The minimum atomic E-state index is 0.729. The first-order chi connectivity index (χ1) is 9.40. The van der Waals surface area contributed by atoms with Gasteiger partial charge in [-0.2, -0.15) is 0 Å². The highest BCUT2D eigenvalue weighted by Crippen LogP contribution is 2.25. The Morgan fingerprint density at radius 3 is 2.21 bits per heavy atom. The predicted octanol–water partition coefficient (Wildman–Crippen LogP) is 4.10. The van der Waals surface area contributed by atoms with E-state index in [9.17, 15) is 0 Å². The Morgan fingerprint density at radius 2 is 1.47 bits per heavy atom. The first-order valence-electron chi connectivity index (χ1n) is 6.70. The van der Waals surface area contributed by atoms with Crippen molar-refractivity contribution in [3.8, 4) is 11.5 Å². The van der Waals surface area contributed by atoms with Gasteiger partial charge >= 0.3 is 0 Å². The number of benzene rings is 2. The largest absolute Gasteiger partial charge is 0.493 e. The maximum atomic E-state index is 5.74. The minimum Gasteiger partial charge on any atom is -0.493 e. The molecule has 0 radical (unpaired) electrons. The zero-order valence-corrected chi connectivity index (χ0v) is 11.3. The third-order valence-electron chi connectivity index (χ3n) is 3.03. The fourth-order valence-corrected chi connectivity index (χ4v) is 2.00. The molecule has 0 aliphatic heterocycles. The van der Waals surface area contributed by atoms with Crippen LogP contribution in [0.2, 0.25) is 0 Å². The molecule has 19 heavy (non-hydrogen) atoms. The molecule has 0 aliphatic rings. The van der Waals surface area contributed by atoms with E-state index in [-0.39, 0.29) is 0 Å². The van der Waals surface area contributed by atoms with E-state index in [1.165, 1.54) is 5.56 Å². The molecule has 2 aromatic carbocycles. The van der Waals surface area contributed by atoms with Crippen LogP contribution in [0, 0.1) is 0 Å². The van der Waals surface area contributed by atoms with Gasteiger partial charge in [-0.25, -0.2) is 0 Å². The van der Waals surface area contributed by atoms with Gasteiger partial charge < -0.3 is 9.47 Å². The summed E-state index contributed by atoms with van der Waals surface area (Å²) in [7, 11) is 1.66. The Hall–Kier alpha value is -1.96. The molecule has 0 bridgehead atoms. The van der Waals surface area contributed by atoms with Gasteiger partial charge in [0.1, 0.15) is 0 Å². The molecule has 0 saturated carbocycles. The summed E-state index contributed by atoms with van der Waals surface area (Å²) in [5.74, 6) is 1.62. The summed E-state index contributed by atoms with van der Waals surface area (Å²) >= 11 is 0. The second kappa shape index (κ2) is 7.47. The van der Waals surface area contributed by atoms with Crippen molar-refractivity contribution in [3.63, 3.8) is 0 Å². The zero-order valence-electron chi connectivity index (χ0n) is 11.3. The zero-order chi connectivity index (χ0) is 13.3. The predicted molar refractivity (Wildman–Crippen MR) is 77.9 cm³/mol. The van der Waals surface area contributed by atoms with E-state index in [1.807, 2.05) is 30.3 Å². The van der Waals surface area contributed by atoms with Crippen LogP contribution in [-0.4, -0.2) is 13.7 Å². The van der Waals surface area contributed by atoms with Crippen molar-refractivity contribution in [3.05, 3.63) is 60.2 Å². The van der Waals surface area contributed by atoms with E-state index in [4.69, 9.17) is 9.47 Å². The summed E-state index contributed by atoms with van der Waals surface area (Å²) < 4.78 is 11.0. The number of methoxy groups -OCH3 is 1. The van der Waals surface area contributed by atoms with E-state index < -0.39 is 0 Å². The van der Waals surface area contributed by atoms with Crippen LogP contribution < -0.4 is 9.47 Å². The van der Waals surface area contributed by atoms with E-state index in [0.717, 1.165) is 37.4 Å². The van der Waals surface area contributed by atoms with Crippen LogP contribution in [0.15, 0.2) is 54.6 Å². The molecule has 100 valence electrons. The fraction of sp³-hybridized carbons (Fsp3) is 0.294. The fourth-order valence-electron chi connectivity index (χ4n) is 2.00. The highest BCUT2D eigenvalue weighted by atomic mass is 16.5. The molecule has 0 saturated heterocycles. The van der Waals surface area contributed by atoms with E-state index >= 15 is 0 Å². The SMILES string of the molecule is COc1ccccc1OCCCCc1ccccc1. The average molecular weight is 256 g/mol. The van der Waals surface area contributed by atoms with E-state index in [1.54, 1.807) is 7.11 Å². The molecule has 0 atom stereocenters. The molecule has 0 aliphatic carbocycles. The van der Waals surface area contributed by atoms with Crippen LogP contribution in [0.4, 0.5) is 0 Å². The molecular weight excluding hydrogens is 236 g/mol. The first-order valence-corrected chi connectivity index (χ1v) is 6.70. The summed E-state index contributed by atoms with van der Waals surface area (Å²) in [5.41, 5.74) is 1.39. The number of rotatable bonds is 7. The van der Waals surface area contributed by atoms with Gasteiger partial charge in [-0.15, -0.1) is 0 Å². The molecule has 2 nitrogen and oxygen atoms in total. The Labute approximate surface area is 115 Å². The first kappa shape index (κ1) is 13.5. The Balaban J connectivity index is 1.69. The van der Waals surface area contributed by atoms with Gasteiger partial charge in [0.15, 0.2) is 11.5 Å². The highest BCUT2D eigenvalue weighted by Gasteiger charge is 2.01. The summed E-state index contributed by atoms with van der Waals surface area (Å²) in [6.45, 7) is 0.729. The van der Waals surface area contributed by atoms with Crippen LogP contribution in [-0.2, 0) is 6.42 Å². The smallest absolute Gasteiger partial charge is 0.161 e. The molecule has 0 N–H and O–H groups in total. The maximum Gasteiger partial charge on any atom is 0.161 e. The third kappa shape index (κ3) is 4.32. The van der Waals surface area contributed by atoms with Crippen molar-refractivity contribution < 1.29 is 9.47 Å². The van der Waals surface area contributed by atoms with Gasteiger partial charge in [0.05, 0.1) is 13.7 Å². The van der Waals surface area contributed by atoms with Crippen LogP contribution in [0.5, 0.6) is 11.5 Å². The Morgan fingerprint density at radius 1 is 0.789 bits per heavy atom. The van der Waals surface area contributed by atoms with Crippen molar-refractivity contribution in [1.29, 1.82) is 0 Å². The van der Waals surface area contributed by atoms with Crippen LogP contribution >= 0.6 is 0 Å². The third-order valence-corrected chi connectivity index (χ3v) is 3.03. The second-order valence-corrected chi connectivity index (χ2v) is 4.44. The minimum absolute atomic E-state index is 0.729. The van der Waals surface area contributed by atoms with Gasteiger partial charge in [0, 0.05) is 0 Å². The van der Waals surface area contributed by atoms with Crippen molar-refractivity contribution >= 4 is 0 Å². The molecule has 0 fully saturated rings. The Bertz CT molecular complexity index is 480. The van der Waals surface area contributed by atoms with Crippen molar-refractivity contribution in [1.82, 2.24) is 0 Å². The molecule has 0 unspecified atom stereocenters. The molecular formula is C17H20O2. The van der Waals surface area contributed by atoms with Crippen LogP contribution in [0.25, 0.3) is 0 Å². The van der Waals surface area contributed by atoms with E-state index in [0.29, 0.717) is 0 Å². The lowest BCUT2D eigenvalue weighted by atomic mass is 10.1. The molecule has 2 aromatic rings. The van der Waals surface area contributed by atoms with Gasteiger partial charge in [0.25, 0.3) is 0 Å². The van der Waals surface area contributed by atoms with Crippen molar-refractivity contribution in [2.75, 3.05) is 13.7 Å². The highest BCUT2D eigenvalue weighted by molar-refractivity contribution is 5.39. The quantitative estimate of drug-likeness (QED) is 0.694. The molecule has 2 heteroatoms. The lowest BCUT2D eigenvalue weighted by Crippen LogP contribution is -2.00. The number of unbranched alkanes of at least 4 members (excludes halogenated alkanes) is 1. The number of aryl methyl sites for hydroxylation is 1. The molecule has 2 rings (SSSR count). The van der Waals surface area contributed by atoms with Crippen molar-refractivity contribution in [2.45, 2.75) is 19.3 Å². The van der Waals surface area contributed by atoms with Gasteiger partial charge in [-0.3, -0.25) is 0 Å². The number of hydrogen-bond donors (Lipinski definition) is 0. The topological polar surface area (TPSA) is 18.5 Å². The Kier molecular flexibility index (Phi) is 5.30. The number of ether oxygens (including phenoxy) is 2. The van der Waals surface area contributed by atoms with Crippen LogP contribution in [0.1, 0.15) is 18.4 Å². The summed E-state index contributed by atoms with van der Waals surface area (Å²) in [4.78, 5) is 0. The normalized spacial score (nSPS) is 10.2. The maximum absolute atomic E-state index is 5.74. The standard InChI is InChI=1S/C17H20O2/c1-18-16-12-5-6-13-17(16)19-14-8-7-11-15-9-3-2-4-10-15/h2-6,9-10,12-13H,7-8,11,14H2,1H3. The average Bonchev–Trinajstić information content (AvgIpc) is 2.48.